The first kappa shape index (κ1) is 12.0. The van der Waals surface area contributed by atoms with Crippen LogP contribution in [-0.2, 0) is 4.79 Å². The largest absolute Gasteiger partial charge is 0.495 e. The van der Waals surface area contributed by atoms with Crippen LogP contribution in [0.25, 0.3) is 0 Å². The van der Waals surface area contributed by atoms with Gasteiger partial charge in [0.1, 0.15) is 11.6 Å². The minimum Gasteiger partial charge on any atom is -0.495 e. The minimum absolute atomic E-state index is 0.200. The van der Waals surface area contributed by atoms with Crippen LogP contribution in [-0.4, -0.2) is 18.2 Å². The molecule has 0 fully saturated rings. The van der Waals surface area contributed by atoms with Crippen molar-refractivity contribution >= 4 is 21.9 Å². The molecule has 3 nitrogen and oxygen atoms in total. The topological polar surface area (TPSA) is 46.5 Å². The van der Waals surface area contributed by atoms with Crippen molar-refractivity contribution in [3.63, 3.8) is 0 Å². The lowest BCUT2D eigenvalue weighted by molar-refractivity contribution is -0.138. The highest BCUT2D eigenvalue weighted by Gasteiger charge is 2.18. The van der Waals surface area contributed by atoms with Crippen molar-refractivity contribution in [1.29, 1.82) is 0 Å². The number of hydrogen-bond acceptors (Lipinski definition) is 2. The summed E-state index contributed by atoms with van der Waals surface area (Å²) < 4.78 is 18.4. The first-order chi connectivity index (χ1) is 6.97. The molecule has 0 aliphatic heterocycles. The number of ether oxygens (including phenoxy) is 1. The summed E-state index contributed by atoms with van der Waals surface area (Å²) in [6.07, 6.45) is 0. The summed E-state index contributed by atoms with van der Waals surface area (Å²) >= 11 is 3.01. The number of hydrogen-bond donors (Lipinski definition) is 1. The number of carbonyl (C=O) groups is 1. The third-order valence-electron chi connectivity index (χ3n) is 2.11. The van der Waals surface area contributed by atoms with Crippen LogP contribution >= 0.6 is 15.9 Å². The van der Waals surface area contributed by atoms with Gasteiger partial charge in [-0.2, -0.15) is 0 Å². The number of aliphatic carboxylic acids is 1. The molecular formula is C10H10BrFO3. The van der Waals surface area contributed by atoms with E-state index in [1.807, 2.05) is 0 Å². The molecule has 1 atom stereocenters. The van der Waals surface area contributed by atoms with E-state index in [0.29, 0.717) is 5.56 Å². The number of benzene rings is 1. The summed E-state index contributed by atoms with van der Waals surface area (Å²) in [6.45, 7) is 1.49. The Labute approximate surface area is 95.0 Å². The van der Waals surface area contributed by atoms with Crippen LogP contribution in [0.15, 0.2) is 16.6 Å². The molecular weight excluding hydrogens is 267 g/mol. The van der Waals surface area contributed by atoms with Crippen LogP contribution < -0.4 is 4.74 Å². The fourth-order valence-corrected chi connectivity index (χ4v) is 1.52. The lowest BCUT2D eigenvalue weighted by Crippen LogP contribution is -2.08. The summed E-state index contributed by atoms with van der Waals surface area (Å²) in [5, 5.41) is 8.78. The van der Waals surface area contributed by atoms with Gasteiger partial charge in [-0.05, 0) is 40.5 Å². The molecule has 1 N–H and O–H groups in total. The monoisotopic (exact) mass is 276 g/mol. The summed E-state index contributed by atoms with van der Waals surface area (Å²) in [7, 11) is 1.40. The Morgan fingerprint density at radius 2 is 2.20 bits per heavy atom. The van der Waals surface area contributed by atoms with Crippen molar-refractivity contribution in [2.45, 2.75) is 12.8 Å². The summed E-state index contributed by atoms with van der Waals surface area (Å²) in [5.41, 5.74) is 0.375. The zero-order valence-corrected chi connectivity index (χ0v) is 9.84. The molecule has 0 bridgehead atoms. The normalized spacial score (nSPS) is 12.3. The van der Waals surface area contributed by atoms with E-state index in [2.05, 4.69) is 15.9 Å². The van der Waals surface area contributed by atoms with Gasteiger partial charge >= 0.3 is 5.97 Å². The quantitative estimate of drug-likeness (QED) is 0.924. The fourth-order valence-electron chi connectivity index (χ4n) is 1.12. The maximum atomic E-state index is 13.3. The summed E-state index contributed by atoms with van der Waals surface area (Å²) in [4.78, 5) is 10.7. The van der Waals surface area contributed by atoms with Gasteiger partial charge < -0.3 is 9.84 Å². The summed E-state index contributed by atoms with van der Waals surface area (Å²) in [5.74, 6) is -2.00. The Hall–Kier alpha value is -1.10. The molecule has 1 unspecified atom stereocenters. The molecule has 15 heavy (non-hydrogen) atoms. The standard InChI is InChI=1S/C10H10BrFO3/c1-5(10(13)14)6-3-7(12)9(11)8(4-6)15-2/h3-5H,1-2H3,(H,13,14). The Morgan fingerprint density at radius 1 is 1.60 bits per heavy atom. The molecule has 0 saturated heterocycles. The van der Waals surface area contributed by atoms with E-state index in [4.69, 9.17) is 9.84 Å². The molecule has 0 amide bonds. The lowest BCUT2D eigenvalue weighted by Gasteiger charge is -2.10. The van der Waals surface area contributed by atoms with Gasteiger partial charge in [0, 0.05) is 0 Å². The highest BCUT2D eigenvalue weighted by atomic mass is 79.9. The maximum Gasteiger partial charge on any atom is 0.310 e. The van der Waals surface area contributed by atoms with E-state index in [1.165, 1.54) is 26.2 Å². The molecule has 1 rings (SSSR count). The number of carboxylic acids is 1. The highest BCUT2D eigenvalue weighted by Crippen LogP contribution is 2.31. The van der Waals surface area contributed by atoms with E-state index in [0.717, 1.165) is 0 Å². The van der Waals surface area contributed by atoms with Gasteiger partial charge in [0.2, 0.25) is 0 Å². The SMILES string of the molecule is COc1cc(C(C)C(=O)O)cc(F)c1Br. The van der Waals surface area contributed by atoms with E-state index < -0.39 is 17.7 Å². The van der Waals surface area contributed by atoms with E-state index in [9.17, 15) is 9.18 Å². The van der Waals surface area contributed by atoms with Gasteiger partial charge in [-0.15, -0.1) is 0 Å². The molecule has 82 valence electrons. The third-order valence-corrected chi connectivity index (χ3v) is 2.88. The van der Waals surface area contributed by atoms with Crippen LogP contribution in [0.3, 0.4) is 0 Å². The molecule has 1 aromatic rings. The number of halogens is 2. The second kappa shape index (κ2) is 4.61. The fraction of sp³-hybridized carbons (Fsp3) is 0.300. The molecule has 0 spiro atoms. The lowest BCUT2D eigenvalue weighted by atomic mass is 10.0. The van der Waals surface area contributed by atoms with E-state index in [1.54, 1.807) is 0 Å². The number of methoxy groups -OCH3 is 1. The first-order valence-corrected chi connectivity index (χ1v) is 5.02. The molecule has 0 aromatic heterocycles. The van der Waals surface area contributed by atoms with E-state index >= 15 is 0 Å². The smallest absolute Gasteiger partial charge is 0.310 e. The zero-order valence-electron chi connectivity index (χ0n) is 8.25. The van der Waals surface area contributed by atoms with Crippen LogP contribution in [0.5, 0.6) is 5.75 Å². The Bertz CT molecular complexity index is 392. The van der Waals surface area contributed by atoms with Gasteiger partial charge in [-0.1, -0.05) is 0 Å². The molecule has 0 aliphatic carbocycles. The Morgan fingerprint density at radius 3 is 2.67 bits per heavy atom. The van der Waals surface area contributed by atoms with Gasteiger partial charge in [0.05, 0.1) is 17.5 Å². The first-order valence-electron chi connectivity index (χ1n) is 4.23. The highest BCUT2D eigenvalue weighted by molar-refractivity contribution is 9.10. The average molecular weight is 277 g/mol. The van der Waals surface area contributed by atoms with Crippen LogP contribution in [0.2, 0.25) is 0 Å². The molecule has 0 saturated carbocycles. The summed E-state index contributed by atoms with van der Waals surface area (Å²) in [6, 6.07) is 2.69. The Balaban J connectivity index is 3.22. The van der Waals surface area contributed by atoms with Crippen LogP contribution in [0.4, 0.5) is 4.39 Å². The predicted molar refractivity (Wildman–Crippen MR) is 56.7 cm³/mol. The molecule has 1 aromatic carbocycles. The van der Waals surface area contributed by atoms with Crippen molar-refractivity contribution in [2.24, 2.45) is 0 Å². The van der Waals surface area contributed by atoms with Crippen molar-refractivity contribution in [2.75, 3.05) is 7.11 Å². The zero-order chi connectivity index (χ0) is 11.6. The second-order valence-electron chi connectivity index (χ2n) is 3.08. The van der Waals surface area contributed by atoms with Crippen molar-refractivity contribution in [3.05, 3.63) is 28.0 Å². The average Bonchev–Trinajstić information content (AvgIpc) is 2.20. The molecule has 0 heterocycles. The van der Waals surface area contributed by atoms with Crippen molar-refractivity contribution < 1.29 is 19.0 Å². The number of rotatable bonds is 3. The number of carboxylic acid groups (broad SMARTS) is 1. The molecule has 0 aliphatic rings. The van der Waals surface area contributed by atoms with Crippen LogP contribution in [0, 0.1) is 5.82 Å². The van der Waals surface area contributed by atoms with Crippen molar-refractivity contribution in [1.82, 2.24) is 0 Å². The molecule has 0 radical (unpaired) electrons. The van der Waals surface area contributed by atoms with E-state index in [-0.39, 0.29) is 10.2 Å². The minimum atomic E-state index is -1.00. The maximum absolute atomic E-state index is 13.3. The van der Waals surface area contributed by atoms with Gasteiger partial charge in [0.25, 0.3) is 0 Å². The van der Waals surface area contributed by atoms with Crippen molar-refractivity contribution in [3.8, 4) is 5.75 Å². The van der Waals surface area contributed by atoms with Gasteiger partial charge in [0.15, 0.2) is 0 Å². The second-order valence-corrected chi connectivity index (χ2v) is 3.87. The third kappa shape index (κ3) is 2.47. The molecule has 5 heteroatoms. The van der Waals surface area contributed by atoms with Gasteiger partial charge in [-0.25, -0.2) is 4.39 Å². The van der Waals surface area contributed by atoms with Gasteiger partial charge in [-0.3, -0.25) is 4.79 Å². The predicted octanol–water partition coefficient (Wildman–Crippen LogP) is 2.78. The van der Waals surface area contributed by atoms with Crippen LogP contribution in [0.1, 0.15) is 18.4 Å². The Kier molecular flexibility index (Phi) is 3.68.